The predicted molar refractivity (Wildman–Crippen MR) is 246 cm³/mol. The molecule has 6 fully saturated rings. The largest absolute Gasteiger partial charge is 0.370 e. The Morgan fingerprint density at radius 1 is 0.905 bits per heavy atom. The van der Waals surface area contributed by atoms with Gasteiger partial charge >= 0.3 is 0 Å². The molecule has 0 bridgehead atoms. The van der Waals surface area contributed by atoms with E-state index in [4.69, 9.17) is 9.97 Å². The minimum atomic E-state index is -0.604. The van der Waals surface area contributed by atoms with Crippen molar-refractivity contribution >= 4 is 57.8 Å². The zero-order valence-corrected chi connectivity index (χ0v) is 36.9. The lowest BCUT2D eigenvalue weighted by molar-refractivity contribution is -0.136. The maximum atomic E-state index is 13.4. The Labute approximate surface area is 372 Å². The van der Waals surface area contributed by atoms with Gasteiger partial charge in [-0.15, -0.1) is 0 Å². The molecular weight excluding hydrogens is 795 g/mol. The predicted octanol–water partition coefficient (Wildman–Crippen LogP) is 6.77. The SMILES string of the molecule is C1CCCC1.CN(C)C(=O)c1cc2cnc(Nc3ccc(N4CCC(CN5CC6(CCN6c6cccc7c6CN([C@@H]6CCC(=O)NC6=O)C7=O)C5)CC4)cn3)nc2n1C1CCCC1.[HH].[HH]. The van der Waals surface area contributed by atoms with Crippen LogP contribution in [0.1, 0.15) is 125 Å². The van der Waals surface area contributed by atoms with Crippen molar-refractivity contribution in [2.45, 2.75) is 114 Å². The molecule has 2 aliphatic carbocycles. The fourth-order valence-corrected chi connectivity index (χ4v) is 11.4. The molecule has 15 heteroatoms. The molecule has 2 N–H and O–H groups in total. The number of imide groups is 1. The highest BCUT2D eigenvalue weighted by Crippen LogP contribution is 2.46. The first kappa shape index (κ1) is 41.4. The number of hydrogen-bond acceptors (Lipinski definition) is 11. The zero-order valence-electron chi connectivity index (χ0n) is 36.9. The number of anilines is 4. The maximum Gasteiger partial charge on any atom is 0.270 e. The lowest BCUT2D eigenvalue weighted by Gasteiger charge is -2.64. The average molecular weight is 860 g/mol. The summed E-state index contributed by atoms with van der Waals surface area (Å²) in [5.41, 5.74) is 5.46. The van der Waals surface area contributed by atoms with E-state index in [1.807, 2.05) is 30.5 Å². The van der Waals surface area contributed by atoms with Crippen LogP contribution in [0.15, 0.2) is 48.8 Å². The number of fused-ring (bicyclic) bond motifs is 2. The van der Waals surface area contributed by atoms with Crippen LogP contribution in [0.2, 0.25) is 0 Å². The van der Waals surface area contributed by atoms with E-state index in [1.54, 1.807) is 30.1 Å². The van der Waals surface area contributed by atoms with Gasteiger partial charge in [-0.25, -0.2) is 9.97 Å². The standard InChI is InChI=1S/C43H51N11O4.C5H10.2H2/c1-49(2)41(58)35-20-28-21-45-42(48-38(28)54(35)29-6-3-4-7-29)46-36-12-10-30(22-44-36)51-17-14-27(15-18-51)23-50-25-43(26-50)16-19-53(43)33-9-5-8-31-32(33)24-52(40(31)57)34-11-13-37(55)47-39(34)56;1-2-4-5-3-1;;/h5,8-10,12,20-22,27,29,34H,3-4,6-7,11,13-19,23-26H2,1-2H3,(H,47,55,56)(H,44,45,46,48);1-5H2;2*1H/t34-;;;/m1.../s1. The van der Waals surface area contributed by atoms with Crippen molar-refractivity contribution in [3.8, 4) is 0 Å². The Hall–Kier alpha value is -5.57. The van der Waals surface area contributed by atoms with Crippen LogP contribution in [-0.2, 0) is 16.1 Å². The van der Waals surface area contributed by atoms with Crippen molar-refractivity contribution in [1.82, 2.24) is 39.5 Å². The van der Waals surface area contributed by atoms with Crippen LogP contribution in [0.3, 0.4) is 0 Å². The van der Waals surface area contributed by atoms with E-state index in [0.717, 1.165) is 112 Å². The smallest absolute Gasteiger partial charge is 0.270 e. The third-order valence-electron chi connectivity index (χ3n) is 14.9. The van der Waals surface area contributed by atoms with Gasteiger partial charge in [0.25, 0.3) is 11.8 Å². The maximum absolute atomic E-state index is 13.4. The molecule has 2 saturated carbocycles. The quantitative estimate of drug-likeness (QED) is 0.172. The number of carbonyl (C=O) groups is 4. The van der Waals surface area contributed by atoms with E-state index < -0.39 is 6.04 Å². The van der Waals surface area contributed by atoms with E-state index in [0.29, 0.717) is 41.9 Å². The molecule has 0 radical (unpaired) electrons. The van der Waals surface area contributed by atoms with Gasteiger partial charge in [0.05, 0.1) is 17.4 Å². The molecule has 7 aliphatic rings. The van der Waals surface area contributed by atoms with Crippen LogP contribution in [-0.4, -0.2) is 123 Å². The molecular formula is C48H65N11O4. The second-order valence-electron chi connectivity index (χ2n) is 19.2. The Morgan fingerprint density at radius 2 is 1.67 bits per heavy atom. The minimum absolute atomic E-state index is 0. The number of pyridine rings is 1. The highest BCUT2D eigenvalue weighted by atomic mass is 16.2. The summed E-state index contributed by atoms with van der Waals surface area (Å²) in [4.78, 5) is 75.9. The number of nitrogens with zero attached hydrogens (tertiary/aromatic N) is 9. The summed E-state index contributed by atoms with van der Waals surface area (Å²) in [6.45, 7) is 6.50. The number of amides is 4. The molecule has 5 aliphatic heterocycles. The van der Waals surface area contributed by atoms with Crippen LogP contribution in [0, 0.1) is 5.92 Å². The van der Waals surface area contributed by atoms with Gasteiger partial charge < -0.3 is 29.5 Å². The summed E-state index contributed by atoms with van der Waals surface area (Å²) in [5, 5.41) is 6.57. The Balaban J connectivity index is 0.000000772. The molecule has 4 saturated heterocycles. The third-order valence-corrected chi connectivity index (χ3v) is 14.9. The van der Waals surface area contributed by atoms with Crippen molar-refractivity contribution in [2.24, 2.45) is 5.92 Å². The van der Waals surface area contributed by atoms with Gasteiger partial charge in [-0.1, -0.05) is 51.0 Å². The number of carbonyl (C=O) groups excluding carboxylic acids is 4. The third kappa shape index (κ3) is 8.01. The first-order chi connectivity index (χ1) is 30.6. The average Bonchev–Trinajstić information content (AvgIpc) is 4.11. The monoisotopic (exact) mass is 860 g/mol. The van der Waals surface area contributed by atoms with E-state index in [-0.39, 0.29) is 44.5 Å². The highest BCUT2D eigenvalue weighted by Gasteiger charge is 2.54. The van der Waals surface area contributed by atoms with Crippen LogP contribution in [0.4, 0.5) is 23.1 Å². The fraction of sp³-hybridized carbons (Fsp3) is 0.562. The number of likely N-dealkylation sites (tertiary alicyclic amines) is 1. The summed E-state index contributed by atoms with van der Waals surface area (Å²) in [5.74, 6) is 1.000. The number of piperidine rings is 2. The second-order valence-corrected chi connectivity index (χ2v) is 19.2. The van der Waals surface area contributed by atoms with Crippen LogP contribution >= 0.6 is 0 Å². The van der Waals surface area contributed by atoms with Crippen molar-refractivity contribution in [1.29, 1.82) is 0 Å². The number of aromatic nitrogens is 4. The van der Waals surface area contributed by atoms with Gasteiger partial charge in [0.1, 0.15) is 23.2 Å². The van der Waals surface area contributed by atoms with Gasteiger partial charge in [0.2, 0.25) is 17.8 Å². The molecule has 4 aromatic rings. The molecule has 15 nitrogen and oxygen atoms in total. The van der Waals surface area contributed by atoms with Crippen molar-refractivity contribution in [3.63, 3.8) is 0 Å². The van der Waals surface area contributed by atoms with Gasteiger partial charge in [-0.3, -0.25) is 29.4 Å². The minimum Gasteiger partial charge on any atom is -0.370 e. The lowest BCUT2D eigenvalue weighted by Crippen LogP contribution is -2.77. The molecule has 1 aromatic carbocycles. The molecule has 8 heterocycles. The summed E-state index contributed by atoms with van der Waals surface area (Å²) in [6, 6.07) is 11.6. The normalized spacial score (nSPS) is 22.5. The Kier molecular flexibility index (Phi) is 11.3. The summed E-state index contributed by atoms with van der Waals surface area (Å²) in [7, 11) is 3.57. The van der Waals surface area contributed by atoms with E-state index >= 15 is 0 Å². The molecule has 0 unspecified atom stereocenters. The van der Waals surface area contributed by atoms with Gasteiger partial charge in [0.15, 0.2) is 0 Å². The number of rotatable bonds is 9. The van der Waals surface area contributed by atoms with Gasteiger partial charge in [-0.2, -0.15) is 4.98 Å². The number of hydrogen-bond donors (Lipinski definition) is 2. The molecule has 3 aromatic heterocycles. The van der Waals surface area contributed by atoms with Crippen LogP contribution in [0.5, 0.6) is 0 Å². The van der Waals surface area contributed by atoms with Crippen LogP contribution < -0.4 is 20.4 Å². The van der Waals surface area contributed by atoms with Crippen LogP contribution in [0.25, 0.3) is 11.0 Å². The molecule has 1 atom stereocenters. The first-order valence-corrected chi connectivity index (χ1v) is 23.5. The fourth-order valence-electron chi connectivity index (χ4n) is 11.4. The Bertz CT molecular complexity index is 2380. The van der Waals surface area contributed by atoms with E-state index in [1.165, 1.54) is 32.1 Å². The van der Waals surface area contributed by atoms with E-state index in [2.05, 4.69) is 47.0 Å². The highest BCUT2D eigenvalue weighted by molar-refractivity contribution is 6.06. The number of benzene rings is 1. The van der Waals surface area contributed by atoms with Gasteiger partial charge in [-0.05, 0) is 74.8 Å². The molecule has 63 heavy (non-hydrogen) atoms. The van der Waals surface area contributed by atoms with Gasteiger partial charge in [0, 0.05) is 104 Å². The Morgan fingerprint density at radius 3 is 2.33 bits per heavy atom. The van der Waals surface area contributed by atoms with Crippen molar-refractivity contribution in [2.75, 3.05) is 68.5 Å². The van der Waals surface area contributed by atoms with Crippen molar-refractivity contribution in [3.05, 3.63) is 65.6 Å². The topological polar surface area (TPSA) is 152 Å². The molecule has 336 valence electrons. The summed E-state index contributed by atoms with van der Waals surface area (Å²) >= 11 is 0. The number of nitrogens with one attached hydrogen (secondary N) is 2. The molecule has 11 rings (SSSR count). The van der Waals surface area contributed by atoms with E-state index in [9.17, 15) is 19.2 Å². The second kappa shape index (κ2) is 17.2. The summed E-state index contributed by atoms with van der Waals surface area (Å²) < 4.78 is 2.13. The molecule has 4 amide bonds. The van der Waals surface area contributed by atoms with Crippen molar-refractivity contribution < 1.29 is 22.0 Å². The lowest BCUT2D eigenvalue weighted by atomic mass is 9.75. The summed E-state index contributed by atoms with van der Waals surface area (Å²) in [6.07, 6.45) is 19.6. The zero-order chi connectivity index (χ0) is 43.2. The first-order valence-electron chi connectivity index (χ1n) is 23.5. The molecule has 1 spiro atoms.